The van der Waals surface area contributed by atoms with E-state index in [0.717, 1.165) is 57.4 Å². The van der Waals surface area contributed by atoms with E-state index < -0.39 is 23.6 Å². The van der Waals surface area contributed by atoms with Crippen LogP contribution < -0.4 is 9.47 Å². The standard InChI is InChI=1S/C37H46F2N2O5/c1-4-6-8-10-11-12-14-24-44-34-23-21-31(26-33(34)39)41-40-30-19-16-28(17-20-30)36(42)46-35-22-18-29(25-32(35)38)37(43)45-27(3)15-13-9-7-5-2/h16-23,25-27H,4-15,24H2,1-3H3/t27-/m0/s1. The third-order valence-electron chi connectivity index (χ3n) is 7.45. The minimum Gasteiger partial charge on any atom is -0.491 e. The third kappa shape index (κ3) is 12.7. The fourth-order valence-corrected chi connectivity index (χ4v) is 4.73. The predicted octanol–water partition coefficient (Wildman–Crippen LogP) is 11.2. The summed E-state index contributed by atoms with van der Waals surface area (Å²) in [6.07, 6.45) is 12.8. The molecule has 0 aromatic heterocycles. The van der Waals surface area contributed by atoms with Crippen molar-refractivity contribution in [2.24, 2.45) is 10.2 Å². The Bertz CT molecular complexity index is 1410. The van der Waals surface area contributed by atoms with Crippen LogP contribution in [0, 0.1) is 11.6 Å². The van der Waals surface area contributed by atoms with Gasteiger partial charge in [0.15, 0.2) is 23.1 Å². The van der Waals surface area contributed by atoms with E-state index in [1.54, 1.807) is 6.07 Å². The second kappa shape index (κ2) is 20.1. The first-order chi connectivity index (χ1) is 22.3. The first-order valence-corrected chi connectivity index (χ1v) is 16.5. The van der Waals surface area contributed by atoms with Gasteiger partial charge < -0.3 is 14.2 Å². The zero-order valence-electron chi connectivity index (χ0n) is 27.2. The lowest BCUT2D eigenvalue weighted by molar-refractivity contribution is 0.0319. The van der Waals surface area contributed by atoms with Gasteiger partial charge in [0.05, 0.1) is 35.2 Å². The SMILES string of the molecule is CCCCCCCCCOc1ccc(N=Nc2ccc(C(=O)Oc3ccc(C(=O)O[C@@H](C)CCCCCC)cc3F)cc2)cc1F. The smallest absolute Gasteiger partial charge is 0.343 e. The summed E-state index contributed by atoms with van der Waals surface area (Å²) >= 11 is 0. The summed E-state index contributed by atoms with van der Waals surface area (Å²) in [4.78, 5) is 25.0. The molecule has 0 radical (unpaired) electrons. The molecule has 3 rings (SSSR count). The molecule has 0 spiro atoms. The van der Waals surface area contributed by atoms with Gasteiger partial charge in [-0.3, -0.25) is 0 Å². The fraction of sp³-hybridized carbons (Fsp3) is 0.459. The number of azo groups is 1. The van der Waals surface area contributed by atoms with Crippen LogP contribution in [-0.4, -0.2) is 24.6 Å². The first-order valence-electron chi connectivity index (χ1n) is 16.5. The van der Waals surface area contributed by atoms with Gasteiger partial charge in [0, 0.05) is 6.07 Å². The van der Waals surface area contributed by atoms with Gasteiger partial charge in [0.2, 0.25) is 0 Å². The maximum absolute atomic E-state index is 14.7. The van der Waals surface area contributed by atoms with Crippen LogP contribution in [-0.2, 0) is 4.74 Å². The molecule has 0 aliphatic rings. The van der Waals surface area contributed by atoms with Crippen LogP contribution in [0.25, 0.3) is 0 Å². The van der Waals surface area contributed by atoms with E-state index in [4.69, 9.17) is 14.2 Å². The number of unbranched alkanes of at least 4 members (excludes halogenated alkanes) is 9. The normalized spacial score (nSPS) is 11.8. The highest BCUT2D eigenvalue weighted by molar-refractivity contribution is 5.92. The fourth-order valence-electron chi connectivity index (χ4n) is 4.73. The number of carbonyl (C=O) groups excluding carboxylic acids is 2. The van der Waals surface area contributed by atoms with E-state index in [-0.39, 0.29) is 28.7 Å². The Morgan fingerprint density at radius 2 is 1.22 bits per heavy atom. The highest BCUT2D eigenvalue weighted by atomic mass is 19.1. The predicted molar refractivity (Wildman–Crippen MR) is 176 cm³/mol. The van der Waals surface area contributed by atoms with Gasteiger partial charge in [0.25, 0.3) is 0 Å². The van der Waals surface area contributed by atoms with Crippen molar-refractivity contribution < 1.29 is 32.6 Å². The van der Waals surface area contributed by atoms with Crippen LogP contribution in [0.5, 0.6) is 11.5 Å². The summed E-state index contributed by atoms with van der Waals surface area (Å²) < 4.78 is 45.4. The second-order valence-electron chi connectivity index (χ2n) is 11.4. The summed E-state index contributed by atoms with van der Waals surface area (Å²) in [5, 5.41) is 8.16. The zero-order valence-corrected chi connectivity index (χ0v) is 27.2. The van der Waals surface area contributed by atoms with Crippen molar-refractivity contribution in [3.05, 3.63) is 83.4 Å². The molecule has 0 amide bonds. The van der Waals surface area contributed by atoms with E-state index in [1.165, 1.54) is 74.2 Å². The summed E-state index contributed by atoms with van der Waals surface area (Å²) in [5.74, 6) is -2.91. The lowest BCUT2D eigenvalue weighted by Crippen LogP contribution is -2.15. The van der Waals surface area contributed by atoms with Crippen molar-refractivity contribution >= 4 is 23.3 Å². The number of nitrogens with zero attached hydrogens (tertiary/aromatic N) is 2. The molecule has 0 fully saturated rings. The van der Waals surface area contributed by atoms with Crippen LogP contribution >= 0.6 is 0 Å². The van der Waals surface area contributed by atoms with Gasteiger partial charge >= 0.3 is 11.9 Å². The van der Waals surface area contributed by atoms with E-state index in [1.807, 2.05) is 6.92 Å². The molecule has 0 N–H and O–H groups in total. The number of carbonyl (C=O) groups is 2. The maximum atomic E-state index is 14.7. The third-order valence-corrected chi connectivity index (χ3v) is 7.45. The average molecular weight is 637 g/mol. The van der Waals surface area contributed by atoms with Gasteiger partial charge in [-0.05, 0) is 80.8 Å². The summed E-state index contributed by atoms with van der Waals surface area (Å²) in [6.45, 7) is 6.60. The van der Waals surface area contributed by atoms with Gasteiger partial charge in [-0.2, -0.15) is 10.2 Å². The molecule has 0 heterocycles. The van der Waals surface area contributed by atoms with E-state index >= 15 is 0 Å². The van der Waals surface area contributed by atoms with Crippen molar-refractivity contribution in [1.29, 1.82) is 0 Å². The van der Waals surface area contributed by atoms with Gasteiger partial charge in [-0.25, -0.2) is 18.4 Å². The quantitative estimate of drug-likeness (QED) is 0.0533. The molecule has 0 bridgehead atoms. The van der Waals surface area contributed by atoms with Crippen LogP contribution in [0.3, 0.4) is 0 Å². The van der Waals surface area contributed by atoms with Crippen molar-refractivity contribution in [3.8, 4) is 11.5 Å². The largest absolute Gasteiger partial charge is 0.491 e. The van der Waals surface area contributed by atoms with Crippen molar-refractivity contribution in [3.63, 3.8) is 0 Å². The van der Waals surface area contributed by atoms with Crippen molar-refractivity contribution in [1.82, 2.24) is 0 Å². The molecule has 0 unspecified atom stereocenters. The Labute approximate surface area is 271 Å². The molecule has 1 atom stereocenters. The molecule has 248 valence electrons. The molecule has 46 heavy (non-hydrogen) atoms. The van der Waals surface area contributed by atoms with Crippen LogP contribution in [0.4, 0.5) is 20.2 Å². The lowest BCUT2D eigenvalue weighted by atomic mass is 10.1. The topological polar surface area (TPSA) is 86.5 Å². The van der Waals surface area contributed by atoms with E-state index in [2.05, 4.69) is 24.1 Å². The van der Waals surface area contributed by atoms with E-state index in [9.17, 15) is 18.4 Å². The zero-order chi connectivity index (χ0) is 33.1. The number of ether oxygens (including phenoxy) is 3. The summed E-state index contributed by atoms with van der Waals surface area (Å²) in [5.41, 5.74) is 0.934. The molecule has 0 saturated heterocycles. The lowest BCUT2D eigenvalue weighted by Gasteiger charge is -2.13. The summed E-state index contributed by atoms with van der Waals surface area (Å²) in [6, 6.07) is 14.0. The first kappa shape index (κ1) is 36.3. The number of esters is 2. The molecule has 9 heteroatoms. The highest BCUT2D eigenvalue weighted by Crippen LogP contribution is 2.26. The van der Waals surface area contributed by atoms with Gasteiger partial charge in [-0.1, -0.05) is 71.6 Å². The average Bonchev–Trinajstić information content (AvgIpc) is 3.05. The van der Waals surface area contributed by atoms with Crippen LogP contribution in [0.15, 0.2) is 70.9 Å². The Balaban J connectivity index is 1.47. The van der Waals surface area contributed by atoms with Crippen LogP contribution in [0.1, 0.15) is 119 Å². The molecular weight excluding hydrogens is 590 g/mol. The molecule has 3 aromatic carbocycles. The van der Waals surface area contributed by atoms with Gasteiger partial charge in [0.1, 0.15) is 0 Å². The molecule has 3 aromatic rings. The van der Waals surface area contributed by atoms with Crippen molar-refractivity contribution in [2.45, 2.75) is 104 Å². The summed E-state index contributed by atoms with van der Waals surface area (Å²) in [7, 11) is 0. The minimum atomic E-state index is -0.856. The highest BCUT2D eigenvalue weighted by Gasteiger charge is 2.17. The van der Waals surface area contributed by atoms with E-state index in [0.29, 0.717) is 18.0 Å². The number of hydrogen-bond donors (Lipinski definition) is 0. The Kier molecular flexibility index (Phi) is 15.9. The Morgan fingerprint density at radius 3 is 1.89 bits per heavy atom. The maximum Gasteiger partial charge on any atom is 0.343 e. The Hall–Kier alpha value is -4.14. The van der Waals surface area contributed by atoms with Gasteiger partial charge in [-0.15, -0.1) is 0 Å². The molecule has 0 saturated carbocycles. The molecule has 0 aliphatic heterocycles. The number of hydrogen-bond acceptors (Lipinski definition) is 7. The molecule has 7 nitrogen and oxygen atoms in total. The minimum absolute atomic E-state index is 0.0398. The Morgan fingerprint density at radius 1 is 0.652 bits per heavy atom. The number of benzene rings is 3. The number of rotatable bonds is 20. The molecule has 0 aliphatic carbocycles. The number of halogens is 2. The monoisotopic (exact) mass is 636 g/mol. The van der Waals surface area contributed by atoms with Crippen molar-refractivity contribution in [2.75, 3.05) is 6.61 Å². The second-order valence-corrected chi connectivity index (χ2v) is 11.4. The van der Waals surface area contributed by atoms with Crippen LogP contribution in [0.2, 0.25) is 0 Å². The molecular formula is C37H46F2N2O5.